The van der Waals surface area contributed by atoms with Gasteiger partial charge in [-0.15, -0.1) is 0 Å². The van der Waals surface area contributed by atoms with E-state index in [1.54, 1.807) is 24.1 Å². The molecule has 1 heterocycles. The van der Waals surface area contributed by atoms with Crippen molar-refractivity contribution in [2.75, 3.05) is 7.05 Å². The van der Waals surface area contributed by atoms with Gasteiger partial charge in [-0.1, -0.05) is 26.0 Å². The molecule has 0 saturated carbocycles. The summed E-state index contributed by atoms with van der Waals surface area (Å²) in [6.45, 7) is 4.55. The van der Waals surface area contributed by atoms with Crippen molar-refractivity contribution in [2.45, 2.75) is 20.4 Å². The molecule has 2 N–H and O–H groups in total. The molecule has 1 aliphatic heterocycles. The SMILES string of the molecule is CC.CN1Cc2cccc(C(N)=O)c2C1=O. The van der Waals surface area contributed by atoms with Crippen LogP contribution in [0.1, 0.15) is 40.1 Å². The second-order valence-electron chi connectivity index (χ2n) is 3.37. The fourth-order valence-electron chi connectivity index (χ4n) is 1.71. The van der Waals surface area contributed by atoms with Gasteiger partial charge in [0.2, 0.25) is 5.91 Å². The van der Waals surface area contributed by atoms with Gasteiger partial charge >= 0.3 is 0 Å². The largest absolute Gasteiger partial charge is 0.366 e. The Bertz CT molecular complexity index is 427. The minimum Gasteiger partial charge on any atom is -0.366 e. The Hall–Kier alpha value is -1.84. The van der Waals surface area contributed by atoms with Crippen LogP contribution in [0.4, 0.5) is 0 Å². The number of hydrogen-bond donors (Lipinski definition) is 1. The summed E-state index contributed by atoms with van der Waals surface area (Å²) in [6, 6.07) is 5.16. The van der Waals surface area contributed by atoms with Crippen molar-refractivity contribution in [1.82, 2.24) is 4.90 Å². The van der Waals surface area contributed by atoms with E-state index in [9.17, 15) is 9.59 Å². The standard InChI is InChI=1S/C10H10N2O2.C2H6/c1-12-5-6-3-2-4-7(9(11)13)8(6)10(12)14;1-2/h2-4H,5H2,1H3,(H2,11,13);1-2H3. The van der Waals surface area contributed by atoms with Gasteiger partial charge < -0.3 is 10.6 Å². The lowest BCUT2D eigenvalue weighted by Gasteiger charge is -2.05. The average molecular weight is 220 g/mol. The Kier molecular flexibility index (Phi) is 3.66. The van der Waals surface area contributed by atoms with Gasteiger partial charge in [-0.3, -0.25) is 9.59 Å². The maximum Gasteiger partial charge on any atom is 0.255 e. The van der Waals surface area contributed by atoms with Crippen LogP contribution in [0.3, 0.4) is 0 Å². The lowest BCUT2D eigenvalue weighted by Crippen LogP contribution is -2.21. The lowest BCUT2D eigenvalue weighted by atomic mass is 10.0. The molecule has 16 heavy (non-hydrogen) atoms. The van der Waals surface area contributed by atoms with E-state index in [4.69, 9.17) is 5.73 Å². The summed E-state index contributed by atoms with van der Waals surface area (Å²) in [5.41, 5.74) is 6.83. The van der Waals surface area contributed by atoms with Crippen LogP contribution in [0.25, 0.3) is 0 Å². The van der Waals surface area contributed by atoms with Gasteiger partial charge in [0.15, 0.2) is 0 Å². The quantitative estimate of drug-likeness (QED) is 0.777. The summed E-state index contributed by atoms with van der Waals surface area (Å²) in [7, 11) is 1.70. The van der Waals surface area contributed by atoms with E-state index in [0.717, 1.165) is 5.56 Å². The normalized spacial score (nSPS) is 12.9. The minimum absolute atomic E-state index is 0.130. The molecule has 0 radical (unpaired) electrons. The first-order chi connectivity index (χ1) is 7.61. The number of hydrogen-bond acceptors (Lipinski definition) is 2. The number of nitrogens with zero attached hydrogens (tertiary/aromatic N) is 1. The number of carbonyl (C=O) groups excluding carboxylic acids is 2. The predicted octanol–water partition coefficient (Wildman–Crippen LogP) is 1.40. The zero-order valence-corrected chi connectivity index (χ0v) is 9.78. The van der Waals surface area contributed by atoms with Crippen LogP contribution >= 0.6 is 0 Å². The molecule has 4 heteroatoms. The summed E-state index contributed by atoms with van der Waals surface area (Å²) in [6.07, 6.45) is 0. The molecule has 1 aromatic rings. The number of rotatable bonds is 1. The number of amides is 2. The molecule has 0 aromatic heterocycles. The van der Waals surface area contributed by atoms with Crippen molar-refractivity contribution < 1.29 is 9.59 Å². The van der Waals surface area contributed by atoms with Crippen molar-refractivity contribution in [1.29, 1.82) is 0 Å². The van der Waals surface area contributed by atoms with E-state index >= 15 is 0 Å². The number of nitrogens with two attached hydrogens (primary N) is 1. The van der Waals surface area contributed by atoms with Gasteiger partial charge in [0, 0.05) is 13.6 Å². The minimum atomic E-state index is -0.550. The molecule has 0 spiro atoms. The number of benzene rings is 1. The molecule has 0 fully saturated rings. The highest BCUT2D eigenvalue weighted by atomic mass is 16.2. The van der Waals surface area contributed by atoms with Crippen molar-refractivity contribution in [2.24, 2.45) is 5.73 Å². The second-order valence-corrected chi connectivity index (χ2v) is 3.37. The molecular weight excluding hydrogens is 204 g/mol. The Balaban J connectivity index is 0.000000606. The summed E-state index contributed by atoms with van der Waals surface area (Å²) >= 11 is 0. The van der Waals surface area contributed by atoms with Crippen LogP contribution in [-0.2, 0) is 6.54 Å². The van der Waals surface area contributed by atoms with Gasteiger partial charge in [-0.05, 0) is 11.6 Å². The Morgan fingerprint density at radius 1 is 1.38 bits per heavy atom. The summed E-state index contributed by atoms with van der Waals surface area (Å²) < 4.78 is 0. The molecule has 4 nitrogen and oxygen atoms in total. The lowest BCUT2D eigenvalue weighted by molar-refractivity contribution is 0.0811. The van der Waals surface area contributed by atoms with Crippen molar-refractivity contribution >= 4 is 11.8 Å². The molecule has 1 aromatic carbocycles. The van der Waals surface area contributed by atoms with E-state index in [2.05, 4.69) is 0 Å². The first-order valence-electron chi connectivity index (χ1n) is 5.28. The zero-order chi connectivity index (χ0) is 12.3. The second kappa shape index (κ2) is 4.79. The fraction of sp³-hybridized carbons (Fsp3) is 0.333. The molecular formula is C12H16N2O2. The highest BCUT2D eigenvalue weighted by Gasteiger charge is 2.28. The van der Waals surface area contributed by atoms with E-state index in [1.807, 2.05) is 19.9 Å². The van der Waals surface area contributed by atoms with E-state index < -0.39 is 5.91 Å². The first kappa shape index (κ1) is 12.2. The monoisotopic (exact) mass is 220 g/mol. The molecule has 86 valence electrons. The molecule has 0 unspecified atom stereocenters. The van der Waals surface area contributed by atoms with Crippen molar-refractivity contribution in [3.8, 4) is 0 Å². The van der Waals surface area contributed by atoms with E-state index in [0.29, 0.717) is 17.7 Å². The highest BCUT2D eigenvalue weighted by molar-refractivity contribution is 6.09. The van der Waals surface area contributed by atoms with Crippen molar-refractivity contribution in [3.05, 3.63) is 34.9 Å². The first-order valence-corrected chi connectivity index (χ1v) is 5.28. The third-order valence-corrected chi connectivity index (χ3v) is 2.38. The number of fused-ring (bicyclic) bond motifs is 1. The van der Waals surface area contributed by atoms with Crippen LogP contribution in [0.2, 0.25) is 0 Å². The Labute approximate surface area is 95.0 Å². The maximum absolute atomic E-state index is 11.6. The van der Waals surface area contributed by atoms with Gasteiger partial charge in [0.25, 0.3) is 5.91 Å². The third-order valence-electron chi connectivity index (χ3n) is 2.38. The number of carbonyl (C=O) groups is 2. The molecule has 2 rings (SSSR count). The van der Waals surface area contributed by atoms with Gasteiger partial charge in [-0.25, -0.2) is 0 Å². The summed E-state index contributed by atoms with van der Waals surface area (Å²) in [5.74, 6) is -0.681. The highest BCUT2D eigenvalue weighted by Crippen LogP contribution is 2.24. The van der Waals surface area contributed by atoms with Gasteiger partial charge in [0.05, 0.1) is 11.1 Å². The summed E-state index contributed by atoms with van der Waals surface area (Å²) in [4.78, 5) is 24.3. The topological polar surface area (TPSA) is 63.4 Å². The zero-order valence-electron chi connectivity index (χ0n) is 9.78. The average Bonchev–Trinajstić information content (AvgIpc) is 2.57. The van der Waals surface area contributed by atoms with Crippen LogP contribution in [0.15, 0.2) is 18.2 Å². The van der Waals surface area contributed by atoms with E-state index in [-0.39, 0.29) is 5.91 Å². The molecule has 2 amide bonds. The third kappa shape index (κ3) is 1.91. The Morgan fingerprint density at radius 2 is 2.00 bits per heavy atom. The van der Waals surface area contributed by atoms with Crippen LogP contribution in [0.5, 0.6) is 0 Å². The molecule has 0 saturated heterocycles. The van der Waals surface area contributed by atoms with Crippen molar-refractivity contribution in [3.63, 3.8) is 0 Å². The maximum atomic E-state index is 11.6. The van der Waals surface area contributed by atoms with Gasteiger partial charge in [0.1, 0.15) is 0 Å². The van der Waals surface area contributed by atoms with Gasteiger partial charge in [-0.2, -0.15) is 0 Å². The van der Waals surface area contributed by atoms with E-state index in [1.165, 1.54) is 0 Å². The van der Waals surface area contributed by atoms with Crippen LogP contribution < -0.4 is 5.73 Å². The number of primary amides is 1. The fourth-order valence-corrected chi connectivity index (χ4v) is 1.71. The van der Waals surface area contributed by atoms with Crippen LogP contribution in [-0.4, -0.2) is 23.8 Å². The predicted molar refractivity (Wildman–Crippen MR) is 62.1 cm³/mol. The molecule has 0 bridgehead atoms. The Morgan fingerprint density at radius 3 is 2.56 bits per heavy atom. The smallest absolute Gasteiger partial charge is 0.255 e. The molecule has 0 atom stereocenters. The summed E-state index contributed by atoms with van der Waals surface area (Å²) in [5, 5.41) is 0. The molecule has 0 aliphatic carbocycles. The molecule has 1 aliphatic rings. The van der Waals surface area contributed by atoms with Crippen LogP contribution in [0, 0.1) is 0 Å².